The molecule has 0 radical (unpaired) electrons. The van der Waals surface area contributed by atoms with Crippen LogP contribution in [0.5, 0.6) is 0 Å². The smallest absolute Gasteiger partial charge is 0.251 e. The van der Waals surface area contributed by atoms with Crippen LogP contribution < -0.4 is 5.32 Å². The molecule has 2 aromatic heterocycles. The fourth-order valence-corrected chi connectivity index (χ4v) is 3.53. The summed E-state index contributed by atoms with van der Waals surface area (Å²) in [6.07, 6.45) is 3.19. The van der Waals surface area contributed by atoms with Crippen LogP contribution in [-0.4, -0.2) is 30.5 Å². The van der Waals surface area contributed by atoms with Crippen molar-refractivity contribution in [3.8, 4) is 5.69 Å². The molecule has 1 N–H and O–H groups in total. The number of nitrogens with zero attached hydrogens (tertiary/aromatic N) is 5. The zero-order chi connectivity index (χ0) is 21.1. The summed E-state index contributed by atoms with van der Waals surface area (Å²) in [6.45, 7) is 5.01. The number of carbonyl (C=O) groups is 1. The predicted molar refractivity (Wildman–Crippen MR) is 117 cm³/mol. The standard InChI is InChI=1S/C22H21BrN6O/c1-15-21(23)16(2)29(27-15)20-9-7-17(8-10-20)22(30)25-11-18-5-3-4-6-19(18)12-28-14-24-13-26-28/h3-10,13-14H,11-12H2,1-2H3,(H,25,30). The van der Waals surface area contributed by atoms with Crippen LogP contribution >= 0.6 is 15.9 Å². The zero-order valence-corrected chi connectivity index (χ0v) is 18.3. The molecule has 0 saturated heterocycles. The van der Waals surface area contributed by atoms with Gasteiger partial charge in [-0.05, 0) is 65.2 Å². The molecule has 0 fully saturated rings. The number of rotatable bonds is 6. The third-order valence-electron chi connectivity index (χ3n) is 4.93. The topological polar surface area (TPSA) is 77.6 Å². The molecule has 0 saturated carbocycles. The van der Waals surface area contributed by atoms with Gasteiger partial charge in [-0.25, -0.2) is 14.3 Å². The van der Waals surface area contributed by atoms with Crippen LogP contribution in [0.25, 0.3) is 5.69 Å². The van der Waals surface area contributed by atoms with E-state index in [4.69, 9.17) is 0 Å². The van der Waals surface area contributed by atoms with E-state index in [1.807, 2.05) is 67.1 Å². The van der Waals surface area contributed by atoms with Gasteiger partial charge in [0.15, 0.2) is 0 Å². The summed E-state index contributed by atoms with van der Waals surface area (Å²) in [5, 5.41) is 11.7. The summed E-state index contributed by atoms with van der Waals surface area (Å²) in [7, 11) is 0. The minimum atomic E-state index is -0.119. The molecule has 0 bridgehead atoms. The second-order valence-electron chi connectivity index (χ2n) is 6.99. The molecule has 4 aromatic rings. The van der Waals surface area contributed by atoms with E-state index < -0.39 is 0 Å². The molecule has 30 heavy (non-hydrogen) atoms. The third kappa shape index (κ3) is 4.18. The van der Waals surface area contributed by atoms with Crippen molar-refractivity contribution in [2.45, 2.75) is 26.9 Å². The Balaban J connectivity index is 1.44. The van der Waals surface area contributed by atoms with Gasteiger partial charge < -0.3 is 5.32 Å². The van der Waals surface area contributed by atoms with Crippen molar-refractivity contribution in [1.82, 2.24) is 29.9 Å². The van der Waals surface area contributed by atoms with Crippen LogP contribution in [0, 0.1) is 13.8 Å². The van der Waals surface area contributed by atoms with Gasteiger partial charge in [0.05, 0.1) is 28.1 Å². The lowest BCUT2D eigenvalue weighted by Crippen LogP contribution is -2.23. The van der Waals surface area contributed by atoms with E-state index in [-0.39, 0.29) is 5.91 Å². The van der Waals surface area contributed by atoms with E-state index in [0.29, 0.717) is 18.7 Å². The van der Waals surface area contributed by atoms with Gasteiger partial charge in [-0.15, -0.1) is 0 Å². The van der Waals surface area contributed by atoms with Gasteiger partial charge in [0.25, 0.3) is 5.91 Å². The van der Waals surface area contributed by atoms with Crippen molar-refractivity contribution in [2.24, 2.45) is 0 Å². The molecule has 0 aliphatic carbocycles. The van der Waals surface area contributed by atoms with Crippen LogP contribution in [0.2, 0.25) is 0 Å². The van der Waals surface area contributed by atoms with E-state index in [1.165, 1.54) is 6.33 Å². The van der Waals surface area contributed by atoms with Crippen molar-refractivity contribution >= 4 is 21.8 Å². The lowest BCUT2D eigenvalue weighted by atomic mass is 10.1. The summed E-state index contributed by atoms with van der Waals surface area (Å²) < 4.78 is 4.62. The number of hydrogen-bond acceptors (Lipinski definition) is 4. The lowest BCUT2D eigenvalue weighted by Gasteiger charge is -2.11. The zero-order valence-electron chi connectivity index (χ0n) is 16.7. The van der Waals surface area contributed by atoms with Crippen LogP contribution in [-0.2, 0) is 13.1 Å². The lowest BCUT2D eigenvalue weighted by molar-refractivity contribution is 0.0951. The highest BCUT2D eigenvalue weighted by Crippen LogP contribution is 2.23. The number of hydrogen-bond donors (Lipinski definition) is 1. The van der Waals surface area contributed by atoms with Crippen LogP contribution in [0.3, 0.4) is 0 Å². The average molecular weight is 465 g/mol. The Hall–Kier alpha value is -3.26. The van der Waals surface area contributed by atoms with Gasteiger partial charge in [0.2, 0.25) is 0 Å². The van der Waals surface area contributed by atoms with Crippen LogP contribution in [0.4, 0.5) is 0 Å². The molecule has 152 valence electrons. The summed E-state index contributed by atoms with van der Waals surface area (Å²) >= 11 is 3.55. The van der Waals surface area contributed by atoms with Gasteiger partial charge in [-0.1, -0.05) is 24.3 Å². The highest BCUT2D eigenvalue weighted by Gasteiger charge is 2.12. The van der Waals surface area contributed by atoms with Gasteiger partial charge in [0, 0.05) is 12.1 Å². The van der Waals surface area contributed by atoms with Crippen LogP contribution in [0.1, 0.15) is 32.9 Å². The summed E-state index contributed by atoms with van der Waals surface area (Å²) in [4.78, 5) is 16.6. The van der Waals surface area contributed by atoms with Crippen molar-refractivity contribution in [3.63, 3.8) is 0 Å². The predicted octanol–water partition coefficient (Wildman–Crippen LogP) is 3.82. The molecule has 7 nitrogen and oxygen atoms in total. The Morgan fingerprint density at radius 3 is 2.43 bits per heavy atom. The van der Waals surface area contributed by atoms with E-state index in [0.717, 1.165) is 32.7 Å². The normalized spacial score (nSPS) is 10.9. The molecule has 0 aliphatic rings. The maximum atomic E-state index is 12.7. The monoisotopic (exact) mass is 464 g/mol. The molecule has 0 atom stereocenters. The molecule has 0 unspecified atom stereocenters. The molecule has 4 rings (SSSR count). The first kappa shape index (κ1) is 20.0. The number of halogens is 1. The van der Waals surface area contributed by atoms with E-state index in [1.54, 1.807) is 11.0 Å². The minimum Gasteiger partial charge on any atom is -0.348 e. The van der Waals surface area contributed by atoms with Crippen molar-refractivity contribution in [1.29, 1.82) is 0 Å². The van der Waals surface area contributed by atoms with E-state index in [9.17, 15) is 4.79 Å². The highest BCUT2D eigenvalue weighted by atomic mass is 79.9. The quantitative estimate of drug-likeness (QED) is 0.470. The first-order chi connectivity index (χ1) is 14.5. The molecule has 2 aromatic carbocycles. The van der Waals surface area contributed by atoms with Gasteiger partial charge in [-0.2, -0.15) is 10.2 Å². The van der Waals surface area contributed by atoms with Gasteiger partial charge in [-0.3, -0.25) is 4.79 Å². The molecule has 0 spiro atoms. The number of aromatic nitrogens is 5. The summed E-state index contributed by atoms with van der Waals surface area (Å²) in [5.41, 5.74) is 5.61. The Kier molecular flexibility index (Phi) is 5.76. The number of aryl methyl sites for hydroxylation is 1. The van der Waals surface area contributed by atoms with Crippen molar-refractivity contribution in [3.05, 3.63) is 93.7 Å². The number of carbonyl (C=O) groups excluding carboxylic acids is 1. The van der Waals surface area contributed by atoms with Gasteiger partial charge in [0.1, 0.15) is 12.7 Å². The number of nitrogens with one attached hydrogen (secondary N) is 1. The Morgan fingerprint density at radius 2 is 1.80 bits per heavy atom. The van der Waals surface area contributed by atoms with E-state index in [2.05, 4.69) is 36.4 Å². The minimum absolute atomic E-state index is 0.119. The second-order valence-corrected chi connectivity index (χ2v) is 7.78. The Labute approximate surface area is 182 Å². The maximum absolute atomic E-state index is 12.7. The fraction of sp³-hybridized carbons (Fsp3) is 0.182. The summed E-state index contributed by atoms with van der Waals surface area (Å²) in [5.74, 6) is -0.119. The highest BCUT2D eigenvalue weighted by molar-refractivity contribution is 9.10. The molecule has 0 aliphatic heterocycles. The molecule has 2 heterocycles. The largest absolute Gasteiger partial charge is 0.348 e. The van der Waals surface area contributed by atoms with Crippen LogP contribution in [0.15, 0.2) is 65.7 Å². The first-order valence-electron chi connectivity index (χ1n) is 9.52. The second kappa shape index (κ2) is 8.62. The van der Waals surface area contributed by atoms with E-state index >= 15 is 0 Å². The number of amides is 1. The third-order valence-corrected chi connectivity index (χ3v) is 6.08. The van der Waals surface area contributed by atoms with Gasteiger partial charge >= 0.3 is 0 Å². The average Bonchev–Trinajstić information content (AvgIpc) is 3.37. The molecular weight excluding hydrogens is 444 g/mol. The Bertz CT molecular complexity index is 1170. The molecular formula is C22H21BrN6O. The fourth-order valence-electron chi connectivity index (χ4n) is 3.28. The first-order valence-corrected chi connectivity index (χ1v) is 10.3. The SMILES string of the molecule is Cc1nn(-c2ccc(C(=O)NCc3ccccc3Cn3cncn3)cc2)c(C)c1Br. The molecule has 1 amide bonds. The Morgan fingerprint density at radius 1 is 1.07 bits per heavy atom. The summed E-state index contributed by atoms with van der Waals surface area (Å²) in [6, 6.07) is 15.4. The maximum Gasteiger partial charge on any atom is 0.251 e. The van der Waals surface area contributed by atoms with Crippen molar-refractivity contribution < 1.29 is 4.79 Å². The molecule has 8 heteroatoms. The van der Waals surface area contributed by atoms with Crippen molar-refractivity contribution in [2.75, 3.05) is 0 Å². The number of benzene rings is 2.